The number of carbonyl (C=O) groups excluding carboxylic acids is 1. The lowest BCUT2D eigenvalue weighted by Gasteiger charge is -2.03. The fraction of sp³-hybridized carbons (Fsp3) is 0.286. The van der Waals surface area contributed by atoms with Crippen molar-refractivity contribution < 1.29 is 17.9 Å². The molecule has 2 aromatic rings. The van der Waals surface area contributed by atoms with Crippen molar-refractivity contribution in [2.24, 2.45) is 5.73 Å². The van der Waals surface area contributed by atoms with Crippen molar-refractivity contribution in [1.29, 1.82) is 0 Å². The molecule has 0 spiro atoms. The average Bonchev–Trinajstić information content (AvgIpc) is 2.91. The van der Waals surface area contributed by atoms with Gasteiger partial charge in [0.05, 0.1) is 17.2 Å². The maximum atomic E-state index is 11.8. The van der Waals surface area contributed by atoms with Crippen LogP contribution in [0.2, 0.25) is 0 Å². The van der Waals surface area contributed by atoms with Crippen molar-refractivity contribution in [3.05, 3.63) is 46.4 Å². The number of benzene rings is 1. The van der Waals surface area contributed by atoms with E-state index in [0.29, 0.717) is 10.7 Å². The summed E-state index contributed by atoms with van der Waals surface area (Å²) in [5, 5.41) is 2.38. The Morgan fingerprint density at radius 2 is 2.00 bits per heavy atom. The van der Waals surface area contributed by atoms with E-state index in [-0.39, 0.29) is 24.5 Å². The first-order chi connectivity index (χ1) is 10.4. The second kappa shape index (κ2) is 7.37. The molecule has 1 aromatic heterocycles. The van der Waals surface area contributed by atoms with E-state index in [1.165, 1.54) is 11.3 Å². The molecule has 1 amide bonds. The van der Waals surface area contributed by atoms with Crippen LogP contribution in [0.3, 0.4) is 0 Å². The highest BCUT2D eigenvalue weighted by Crippen LogP contribution is 2.16. The zero-order valence-electron chi connectivity index (χ0n) is 11.8. The van der Waals surface area contributed by atoms with Crippen LogP contribution in [0, 0.1) is 0 Å². The number of nitrogens with zero attached hydrogens (tertiary/aromatic N) is 1. The second-order valence-electron chi connectivity index (χ2n) is 4.64. The van der Waals surface area contributed by atoms with E-state index < -0.39 is 15.7 Å². The van der Waals surface area contributed by atoms with E-state index in [4.69, 9.17) is 10.5 Å². The summed E-state index contributed by atoms with van der Waals surface area (Å²) >= 11 is 1.34. The number of para-hydroxylation sites is 1. The fourth-order valence-corrected chi connectivity index (χ4v) is 3.76. The molecular weight excluding hydrogens is 324 g/mol. The Balaban J connectivity index is 1.90. The van der Waals surface area contributed by atoms with Gasteiger partial charge in [-0.05, 0) is 12.1 Å². The Bertz CT molecular complexity index is 726. The lowest BCUT2D eigenvalue weighted by molar-refractivity contribution is -0.117. The van der Waals surface area contributed by atoms with Crippen molar-refractivity contribution in [2.75, 3.05) is 5.75 Å². The molecule has 0 aliphatic rings. The lowest BCUT2D eigenvalue weighted by atomic mass is 10.3. The van der Waals surface area contributed by atoms with Crippen LogP contribution in [0.25, 0.3) is 0 Å². The van der Waals surface area contributed by atoms with Gasteiger partial charge in [0.1, 0.15) is 17.4 Å². The predicted molar refractivity (Wildman–Crippen MR) is 84.2 cm³/mol. The van der Waals surface area contributed by atoms with Crippen LogP contribution < -0.4 is 10.5 Å². The fourth-order valence-electron chi connectivity index (χ4n) is 1.70. The third-order valence-corrected chi connectivity index (χ3v) is 5.16. The standard InChI is InChI=1S/C14H16N2O4S2/c15-13(17)6-7-22(18,19)10-11-9-21-14(16-11)8-20-12-4-2-1-3-5-12/h1-5,9H,6-8,10H2,(H2,15,17). The zero-order chi connectivity index (χ0) is 16.0. The maximum Gasteiger partial charge on any atom is 0.218 e. The first-order valence-electron chi connectivity index (χ1n) is 6.54. The summed E-state index contributed by atoms with van der Waals surface area (Å²) in [6.07, 6.45) is -0.170. The number of carbonyl (C=O) groups is 1. The molecule has 1 aromatic carbocycles. The molecule has 0 radical (unpaired) electrons. The van der Waals surface area contributed by atoms with E-state index >= 15 is 0 Å². The lowest BCUT2D eigenvalue weighted by Crippen LogP contribution is -2.18. The SMILES string of the molecule is NC(=O)CCS(=O)(=O)Cc1csc(COc2ccccc2)n1. The largest absolute Gasteiger partial charge is 0.486 e. The molecule has 8 heteroatoms. The molecule has 0 aliphatic heterocycles. The van der Waals surface area contributed by atoms with E-state index in [0.717, 1.165) is 5.75 Å². The number of sulfone groups is 1. The molecule has 0 aliphatic carbocycles. The number of hydrogen-bond acceptors (Lipinski definition) is 6. The smallest absolute Gasteiger partial charge is 0.218 e. The highest BCUT2D eigenvalue weighted by atomic mass is 32.2. The summed E-state index contributed by atoms with van der Waals surface area (Å²) < 4.78 is 29.2. The Morgan fingerprint density at radius 3 is 2.68 bits per heavy atom. The molecule has 0 bridgehead atoms. The van der Waals surface area contributed by atoms with Gasteiger partial charge in [-0.2, -0.15) is 0 Å². The summed E-state index contributed by atoms with van der Waals surface area (Å²) in [6, 6.07) is 9.30. The number of rotatable bonds is 8. The number of aromatic nitrogens is 1. The Morgan fingerprint density at radius 1 is 1.27 bits per heavy atom. The number of hydrogen-bond donors (Lipinski definition) is 1. The van der Waals surface area contributed by atoms with Gasteiger partial charge in [0.15, 0.2) is 9.84 Å². The number of primary amides is 1. The molecule has 0 atom stereocenters. The third kappa shape index (κ3) is 5.45. The Kier molecular flexibility index (Phi) is 5.51. The third-order valence-electron chi connectivity index (χ3n) is 2.73. The molecule has 6 nitrogen and oxygen atoms in total. The number of nitrogens with two attached hydrogens (primary N) is 1. The number of ether oxygens (including phenoxy) is 1. The van der Waals surface area contributed by atoms with Crippen LogP contribution in [0.4, 0.5) is 0 Å². The highest BCUT2D eigenvalue weighted by Gasteiger charge is 2.15. The van der Waals surface area contributed by atoms with Crippen molar-refractivity contribution in [3.8, 4) is 5.75 Å². The van der Waals surface area contributed by atoms with Gasteiger partial charge in [0.2, 0.25) is 5.91 Å². The van der Waals surface area contributed by atoms with Gasteiger partial charge in [0, 0.05) is 11.8 Å². The Labute approximate surface area is 132 Å². The first kappa shape index (κ1) is 16.4. The minimum Gasteiger partial charge on any atom is -0.486 e. The predicted octanol–water partition coefficient (Wildman–Crippen LogP) is 1.51. The van der Waals surface area contributed by atoms with E-state index in [9.17, 15) is 13.2 Å². The van der Waals surface area contributed by atoms with Crippen LogP contribution in [0.1, 0.15) is 17.1 Å². The quantitative estimate of drug-likeness (QED) is 0.785. The van der Waals surface area contributed by atoms with Gasteiger partial charge >= 0.3 is 0 Å². The van der Waals surface area contributed by atoms with Gasteiger partial charge < -0.3 is 10.5 Å². The monoisotopic (exact) mass is 340 g/mol. The van der Waals surface area contributed by atoms with Crippen LogP contribution in [0.15, 0.2) is 35.7 Å². The van der Waals surface area contributed by atoms with Crippen molar-refractivity contribution >= 4 is 27.1 Å². The average molecular weight is 340 g/mol. The van der Waals surface area contributed by atoms with Gasteiger partial charge in [-0.3, -0.25) is 4.79 Å². The number of thiazole rings is 1. The molecule has 1 heterocycles. The molecular formula is C14H16N2O4S2. The molecule has 0 saturated heterocycles. The second-order valence-corrected chi connectivity index (χ2v) is 7.77. The molecule has 0 fully saturated rings. The summed E-state index contributed by atoms with van der Waals surface area (Å²) in [4.78, 5) is 14.9. The Hall–Kier alpha value is -1.93. The van der Waals surface area contributed by atoms with E-state index in [2.05, 4.69) is 4.98 Å². The maximum absolute atomic E-state index is 11.8. The van der Waals surface area contributed by atoms with E-state index in [1.54, 1.807) is 5.38 Å². The van der Waals surface area contributed by atoms with Crippen molar-refractivity contribution in [2.45, 2.75) is 18.8 Å². The number of amides is 1. The van der Waals surface area contributed by atoms with Crippen LogP contribution in [-0.4, -0.2) is 25.1 Å². The zero-order valence-corrected chi connectivity index (χ0v) is 13.4. The molecule has 2 N–H and O–H groups in total. The summed E-state index contributed by atoms with van der Waals surface area (Å²) in [6.45, 7) is 0.288. The molecule has 0 unspecified atom stereocenters. The molecule has 0 saturated carbocycles. The van der Waals surface area contributed by atoms with Crippen LogP contribution >= 0.6 is 11.3 Å². The minimum absolute atomic E-state index is 0.170. The van der Waals surface area contributed by atoms with Gasteiger partial charge in [-0.1, -0.05) is 18.2 Å². The van der Waals surface area contributed by atoms with Crippen LogP contribution in [-0.2, 0) is 27.0 Å². The van der Waals surface area contributed by atoms with Crippen LogP contribution in [0.5, 0.6) is 5.75 Å². The van der Waals surface area contributed by atoms with E-state index in [1.807, 2.05) is 30.3 Å². The summed E-state index contributed by atoms with van der Waals surface area (Å²) in [5.41, 5.74) is 5.42. The highest BCUT2D eigenvalue weighted by molar-refractivity contribution is 7.90. The topological polar surface area (TPSA) is 99.4 Å². The molecule has 22 heavy (non-hydrogen) atoms. The molecule has 2 rings (SSSR count). The van der Waals surface area contributed by atoms with Gasteiger partial charge in [0.25, 0.3) is 0 Å². The summed E-state index contributed by atoms with van der Waals surface area (Å²) in [7, 11) is -3.38. The van der Waals surface area contributed by atoms with Gasteiger partial charge in [-0.15, -0.1) is 11.3 Å². The van der Waals surface area contributed by atoms with Gasteiger partial charge in [-0.25, -0.2) is 13.4 Å². The normalized spacial score (nSPS) is 11.3. The minimum atomic E-state index is -3.38. The summed E-state index contributed by atoms with van der Waals surface area (Å²) in [5.74, 6) is -0.343. The van der Waals surface area contributed by atoms with Crippen molar-refractivity contribution in [1.82, 2.24) is 4.98 Å². The first-order valence-corrected chi connectivity index (χ1v) is 9.24. The molecule has 118 valence electrons. The van der Waals surface area contributed by atoms with Crippen molar-refractivity contribution in [3.63, 3.8) is 0 Å².